The molecule has 0 radical (unpaired) electrons. The molecule has 6 rings (SSSR count). The summed E-state index contributed by atoms with van der Waals surface area (Å²) in [5.41, 5.74) is -4.96. The predicted octanol–water partition coefficient (Wildman–Crippen LogP) is 8.30. The number of ether oxygens (including phenoxy) is 2. The van der Waals surface area contributed by atoms with E-state index in [0.717, 1.165) is 53.9 Å². The maximum Gasteiger partial charge on any atom is 0.425 e. The van der Waals surface area contributed by atoms with Gasteiger partial charge in [-0.3, -0.25) is 19.4 Å². The molecule has 4 heterocycles. The molecule has 1 saturated carbocycles. The van der Waals surface area contributed by atoms with E-state index in [0.29, 0.717) is 35.7 Å². The Morgan fingerprint density at radius 2 is 1.71 bits per heavy atom. The second-order valence-corrected chi connectivity index (χ2v) is 16.0. The van der Waals surface area contributed by atoms with Crippen molar-refractivity contribution >= 4 is 28.9 Å². The summed E-state index contributed by atoms with van der Waals surface area (Å²) >= 11 is 0.376. The highest BCUT2D eigenvalue weighted by Gasteiger charge is 2.57. The van der Waals surface area contributed by atoms with Gasteiger partial charge in [0.05, 0.1) is 23.8 Å². The first kappa shape index (κ1) is 41.5. The zero-order valence-corrected chi connectivity index (χ0v) is 31.9. The van der Waals surface area contributed by atoms with Crippen LogP contribution in [0.5, 0.6) is 11.5 Å². The Labute approximate surface area is 325 Å². The number of nitrogens with zero attached hydrogens (tertiary/aromatic N) is 3. The predicted molar refractivity (Wildman–Crippen MR) is 194 cm³/mol. The number of aromatic nitrogens is 1. The molecule has 3 aliphatic rings. The number of rotatable bonds is 11. The molecule has 56 heavy (non-hydrogen) atoms. The summed E-state index contributed by atoms with van der Waals surface area (Å²) in [5, 5.41) is 13.2. The Kier molecular flexibility index (Phi) is 12.1. The fourth-order valence-corrected chi connectivity index (χ4v) is 9.15. The summed E-state index contributed by atoms with van der Waals surface area (Å²) in [6, 6.07) is 8.49. The highest BCUT2D eigenvalue weighted by Crippen LogP contribution is 2.45. The van der Waals surface area contributed by atoms with E-state index in [1.165, 1.54) is 4.90 Å². The molecule has 1 N–H and O–H groups in total. The second kappa shape index (κ2) is 16.4. The van der Waals surface area contributed by atoms with Gasteiger partial charge in [-0.1, -0.05) is 31.5 Å². The number of hydrogen-bond acceptors (Lipinski definition) is 8. The number of amides is 2. The van der Waals surface area contributed by atoms with E-state index in [4.69, 9.17) is 9.47 Å². The number of Topliss-reactive ketones (excluding diaryl/α,β-unsaturated/α-hetero) is 1. The number of carbonyl (C=O) groups is 3. The molecule has 16 heteroatoms. The van der Waals surface area contributed by atoms with Gasteiger partial charge in [0.15, 0.2) is 0 Å². The van der Waals surface area contributed by atoms with Gasteiger partial charge in [-0.2, -0.15) is 26.3 Å². The van der Waals surface area contributed by atoms with Gasteiger partial charge < -0.3 is 24.4 Å². The number of alkyl halides is 6. The van der Waals surface area contributed by atoms with Crippen molar-refractivity contribution in [2.24, 2.45) is 11.8 Å². The van der Waals surface area contributed by atoms with Gasteiger partial charge in [0.1, 0.15) is 27.9 Å². The number of likely N-dealkylation sites (tertiary alicyclic amines) is 2. The highest BCUT2D eigenvalue weighted by molar-refractivity contribution is 7.10. The summed E-state index contributed by atoms with van der Waals surface area (Å²) in [6.07, 6.45) is -5.52. The number of ketones is 1. The first-order valence-electron chi connectivity index (χ1n) is 18.9. The topological polar surface area (TPSA) is 109 Å². The number of halogens is 6. The van der Waals surface area contributed by atoms with Crippen LogP contribution in [0.2, 0.25) is 0 Å². The largest absolute Gasteiger partial charge is 0.493 e. The third-order valence-electron chi connectivity index (χ3n) is 11.4. The minimum Gasteiger partial charge on any atom is -0.493 e. The maximum atomic E-state index is 15.0. The van der Waals surface area contributed by atoms with E-state index in [9.17, 15) is 45.8 Å². The van der Waals surface area contributed by atoms with Crippen molar-refractivity contribution in [3.8, 4) is 11.5 Å². The summed E-state index contributed by atoms with van der Waals surface area (Å²) in [5.74, 6) is -1.12. The average Bonchev–Trinajstić information content (AvgIpc) is 3.85. The van der Waals surface area contributed by atoms with Crippen LogP contribution in [0.1, 0.15) is 98.1 Å². The van der Waals surface area contributed by atoms with Crippen molar-refractivity contribution in [1.29, 1.82) is 0 Å². The van der Waals surface area contributed by atoms with Gasteiger partial charge in [-0.05, 0) is 76.0 Å². The van der Waals surface area contributed by atoms with Crippen LogP contribution in [-0.2, 0) is 27.5 Å². The van der Waals surface area contributed by atoms with E-state index >= 15 is 0 Å². The summed E-state index contributed by atoms with van der Waals surface area (Å²) in [7, 11) is 0. The van der Waals surface area contributed by atoms with Gasteiger partial charge >= 0.3 is 12.4 Å². The fraction of sp³-hybridized carbons (Fsp3) is 0.550. The molecule has 3 fully saturated rings. The summed E-state index contributed by atoms with van der Waals surface area (Å²) in [6.45, 7) is 3.69. The third kappa shape index (κ3) is 8.55. The van der Waals surface area contributed by atoms with Crippen molar-refractivity contribution in [3.05, 3.63) is 75.7 Å². The Balaban J connectivity index is 1.29. The molecular formula is C40H45F6N3O6S. The van der Waals surface area contributed by atoms with E-state index in [1.807, 2.05) is 0 Å². The van der Waals surface area contributed by atoms with E-state index < -0.39 is 57.5 Å². The van der Waals surface area contributed by atoms with Crippen LogP contribution in [0, 0.1) is 11.8 Å². The monoisotopic (exact) mass is 809 g/mol. The zero-order valence-electron chi connectivity index (χ0n) is 31.1. The standard InChI is InChI=1S/C40H45F6N3O6S/c1-3-8-32-38(55-28-22-33(56-24-28)40(44,45)46,14-7-18-49(32)35(51)34-30(39(41,42)43)10-6-17-47-34)36(52)48-19-15-37(53,16-20-48)29-9-4-5-11-31(29)54-23-26-12-13-27(21-26)25(2)50/h4-6,9-11,17,22,24,26-27,32,53H,3,7-8,12-16,18-21,23H2,1-2H3/t26-,27+,32+,38-/m0/s1. The molecule has 2 amide bonds. The Morgan fingerprint density at radius 3 is 2.36 bits per heavy atom. The second-order valence-electron chi connectivity index (χ2n) is 15.1. The van der Waals surface area contributed by atoms with E-state index in [-0.39, 0.29) is 75.1 Å². The lowest BCUT2D eigenvalue weighted by Crippen LogP contribution is -2.68. The van der Waals surface area contributed by atoms with Crippen molar-refractivity contribution in [1.82, 2.24) is 14.8 Å². The van der Waals surface area contributed by atoms with Crippen LogP contribution in [-0.4, -0.2) is 75.4 Å². The molecule has 1 aliphatic carbocycles. The molecule has 2 saturated heterocycles. The maximum absolute atomic E-state index is 15.0. The lowest BCUT2D eigenvalue weighted by molar-refractivity contribution is -0.163. The molecule has 0 bridgehead atoms. The van der Waals surface area contributed by atoms with Gasteiger partial charge in [0.2, 0.25) is 5.60 Å². The molecule has 2 aromatic heterocycles. The molecule has 0 unspecified atom stereocenters. The first-order chi connectivity index (χ1) is 26.5. The lowest BCUT2D eigenvalue weighted by atomic mass is 9.78. The van der Waals surface area contributed by atoms with Crippen molar-refractivity contribution in [2.75, 3.05) is 26.2 Å². The number of benzene rings is 1. The smallest absolute Gasteiger partial charge is 0.425 e. The number of carbonyl (C=O) groups excluding carboxylic acids is 3. The summed E-state index contributed by atoms with van der Waals surface area (Å²) in [4.78, 5) is 46.3. The average molecular weight is 810 g/mol. The molecule has 4 atom stereocenters. The number of para-hydroxylation sites is 1. The minimum atomic E-state index is -4.91. The van der Waals surface area contributed by atoms with Crippen molar-refractivity contribution in [3.63, 3.8) is 0 Å². The molecular weight excluding hydrogens is 765 g/mol. The number of thiophene rings is 1. The molecule has 304 valence electrons. The SMILES string of the molecule is CCC[C@H]1N(C(=O)c2ncccc2C(F)(F)F)CCC[C@@]1(Oc1csc(C(F)(F)F)c1)C(=O)N1CCC(O)(c2ccccc2OC[C@H]2CC[C@@H](C(C)=O)C2)CC1. The molecule has 1 aromatic carbocycles. The number of pyridine rings is 1. The van der Waals surface area contributed by atoms with Crippen molar-refractivity contribution < 1.29 is 55.3 Å². The quantitative estimate of drug-likeness (QED) is 0.194. The van der Waals surface area contributed by atoms with Gasteiger partial charge in [-0.25, -0.2) is 0 Å². The van der Waals surface area contributed by atoms with E-state index in [1.54, 1.807) is 38.1 Å². The summed E-state index contributed by atoms with van der Waals surface area (Å²) < 4.78 is 95.9. The van der Waals surface area contributed by atoms with Crippen LogP contribution in [0.4, 0.5) is 26.3 Å². The van der Waals surface area contributed by atoms with Gasteiger partial charge in [0.25, 0.3) is 11.8 Å². The fourth-order valence-electron chi connectivity index (χ4n) is 8.47. The Hall–Kier alpha value is -4.18. The highest BCUT2D eigenvalue weighted by atomic mass is 32.1. The Bertz CT molecular complexity index is 1890. The van der Waals surface area contributed by atoms with Crippen LogP contribution < -0.4 is 9.47 Å². The number of aliphatic hydroxyl groups is 1. The van der Waals surface area contributed by atoms with Crippen LogP contribution in [0.25, 0.3) is 0 Å². The van der Waals surface area contributed by atoms with Crippen LogP contribution >= 0.6 is 11.3 Å². The molecule has 9 nitrogen and oxygen atoms in total. The molecule has 0 spiro atoms. The third-order valence-corrected chi connectivity index (χ3v) is 12.3. The normalized spacial score (nSPS) is 24.2. The zero-order chi connectivity index (χ0) is 40.5. The molecule has 3 aromatic rings. The van der Waals surface area contributed by atoms with Gasteiger partial charge in [0, 0.05) is 55.2 Å². The van der Waals surface area contributed by atoms with Crippen LogP contribution in [0.3, 0.4) is 0 Å². The van der Waals surface area contributed by atoms with E-state index in [2.05, 4.69) is 4.98 Å². The van der Waals surface area contributed by atoms with Crippen LogP contribution in [0.15, 0.2) is 54.0 Å². The molecule has 2 aliphatic heterocycles. The Morgan fingerprint density at radius 1 is 0.982 bits per heavy atom. The first-order valence-corrected chi connectivity index (χ1v) is 19.8. The minimum absolute atomic E-state index is 0.000383. The number of hydrogen-bond donors (Lipinski definition) is 1. The number of piperidine rings is 2. The van der Waals surface area contributed by atoms with Gasteiger partial charge in [-0.15, -0.1) is 11.3 Å². The van der Waals surface area contributed by atoms with Crippen molar-refractivity contribution in [2.45, 2.75) is 101 Å². The lowest BCUT2D eigenvalue weighted by Gasteiger charge is -2.51.